The summed E-state index contributed by atoms with van der Waals surface area (Å²) in [5.41, 5.74) is 21.0. The minimum atomic E-state index is -0.599. The Bertz CT molecular complexity index is 3920. The van der Waals surface area contributed by atoms with Crippen LogP contribution in [0.1, 0.15) is 22.3 Å². The van der Waals surface area contributed by atoms with E-state index in [-0.39, 0.29) is 0 Å². The van der Waals surface area contributed by atoms with Gasteiger partial charge < -0.3 is 9.80 Å². The molecule has 0 saturated heterocycles. The van der Waals surface area contributed by atoms with Crippen molar-refractivity contribution in [2.45, 2.75) is 5.41 Å². The first kappa shape index (κ1) is 40.3. The molecule has 0 unspecified atom stereocenters. The van der Waals surface area contributed by atoms with Crippen LogP contribution in [0.2, 0.25) is 0 Å². The first-order chi connectivity index (χ1) is 34.8. The first-order valence-electron chi connectivity index (χ1n) is 24.1. The van der Waals surface area contributed by atoms with Gasteiger partial charge in [-0.2, -0.15) is 0 Å². The molecule has 2 heterocycles. The fraction of sp³-hybridized carbons (Fsp3) is 0.0149. The molecule has 0 radical (unpaired) electrons. The van der Waals surface area contributed by atoms with Crippen LogP contribution in [0.3, 0.4) is 0 Å². The summed E-state index contributed by atoms with van der Waals surface area (Å²) >= 11 is 1.88. The molecular formula is C67H44N2S. The van der Waals surface area contributed by atoms with Gasteiger partial charge in [-0.15, -0.1) is 11.3 Å². The fourth-order valence-corrected chi connectivity index (χ4v) is 13.1. The smallest absolute Gasteiger partial charge is 0.0755 e. The molecular weight excluding hydrogens is 865 g/mol. The average Bonchev–Trinajstić information content (AvgIpc) is 3.97. The topological polar surface area (TPSA) is 6.48 Å². The molecule has 1 spiro atoms. The van der Waals surface area contributed by atoms with Gasteiger partial charge in [0.1, 0.15) is 0 Å². The maximum absolute atomic E-state index is 2.53. The maximum atomic E-state index is 2.53. The molecule has 1 aromatic heterocycles. The third-order valence-corrected chi connectivity index (χ3v) is 15.9. The van der Waals surface area contributed by atoms with Gasteiger partial charge in [-0.1, -0.05) is 212 Å². The summed E-state index contributed by atoms with van der Waals surface area (Å²) in [6.45, 7) is 0. The predicted octanol–water partition coefficient (Wildman–Crippen LogP) is 18.7. The summed E-state index contributed by atoms with van der Waals surface area (Å²) in [6.07, 6.45) is 0. The Morgan fingerprint density at radius 2 is 0.843 bits per heavy atom. The van der Waals surface area contributed by atoms with Crippen molar-refractivity contribution in [1.82, 2.24) is 0 Å². The molecule has 2 aliphatic rings. The molecule has 0 bridgehead atoms. The van der Waals surface area contributed by atoms with Crippen molar-refractivity contribution in [2.75, 3.05) is 9.80 Å². The van der Waals surface area contributed by atoms with Gasteiger partial charge in [-0.25, -0.2) is 0 Å². The molecule has 0 amide bonds. The standard InChI is InChI=1S/C67H44N2S/c1-3-21-45(22-4-1)49-25-7-8-26-51(49)52-27-10-15-36-60(52)68(48-43-41-46(42-44-48)50-30-19-31-54-53-28-11-18-40-64(53)70-66(50)54)63-39-20-35-59-65(63)55-29-9-12-32-56(55)67(59)57-33-13-16-37-61(57)69(47-23-5-2-6-24-47)62-38-17-14-34-58(62)67/h1-44H. The van der Waals surface area contributed by atoms with Crippen molar-refractivity contribution in [2.24, 2.45) is 0 Å². The highest BCUT2D eigenvalue weighted by Crippen LogP contribution is 2.65. The van der Waals surface area contributed by atoms with Crippen molar-refractivity contribution < 1.29 is 0 Å². The summed E-state index contributed by atoms with van der Waals surface area (Å²) in [5.74, 6) is 0. The van der Waals surface area contributed by atoms with E-state index in [2.05, 4.69) is 277 Å². The molecule has 14 rings (SSSR count). The van der Waals surface area contributed by atoms with Crippen LogP contribution in [0.25, 0.3) is 64.7 Å². The Labute approximate surface area is 412 Å². The third-order valence-electron chi connectivity index (χ3n) is 14.7. The van der Waals surface area contributed by atoms with E-state index in [1.165, 1.54) is 92.7 Å². The Hall–Kier alpha value is -8.76. The van der Waals surface area contributed by atoms with E-state index in [1.54, 1.807) is 0 Å². The van der Waals surface area contributed by atoms with Crippen molar-refractivity contribution >= 4 is 65.6 Å². The van der Waals surface area contributed by atoms with E-state index in [0.717, 1.165) is 28.3 Å². The number of benzene rings is 11. The highest BCUT2D eigenvalue weighted by atomic mass is 32.1. The SMILES string of the molecule is c1ccc(-c2ccccc2-c2ccccc2N(c2ccc(-c3cccc4c3sc3ccccc34)cc2)c2cccc3c2-c2ccccc2C32c3ccccc3N(c3ccccc3)c3ccccc32)cc1. The van der Waals surface area contributed by atoms with Crippen LogP contribution < -0.4 is 9.80 Å². The van der Waals surface area contributed by atoms with Crippen molar-refractivity contribution in [3.63, 3.8) is 0 Å². The van der Waals surface area contributed by atoms with E-state index >= 15 is 0 Å². The summed E-state index contributed by atoms with van der Waals surface area (Å²) in [5, 5.41) is 2.62. The molecule has 2 nitrogen and oxygen atoms in total. The molecule has 12 aromatic rings. The van der Waals surface area contributed by atoms with Crippen molar-refractivity contribution in [1.29, 1.82) is 0 Å². The number of anilines is 6. The number of fused-ring (bicyclic) bond motifs is 12. The Morgan fingerprint density at radius 3 is 1.60 bits per heavy atom. The van der Waals surface area contributed by atoms with Crippen LogP contribution >= 0.6 is 11.3 Å². The number of nitrogens with zero attached hydrogens (tertiary/aromatic N) is 2. The Balaban J connectivity index is 1.03. The number of para-hydroxylation sites is 4. The Kier molecular flexibility index (Phi) is 9.33. The van der Waals surface area contributed by atoms with Crippen molar-refractivity contribution in [3.8, 4) is 44.5 Å². The molecule has 328 valence electrons. The van der Waals surface area contributed by atoms with Crippen LogP contribution in [0.15, 0.2) is 267 Å². The molecule has 0 saturated carbocycles. The molecule has 3 heteroatoms. The first-order valence-corrected chi connectivity index (χ1v) is 24.9. The summed E-state index contributed by atoms with van der Waals surface area (Å²) < 4.78 is 2.63. The van der Waals surface area contributed by atoms with Gasteiger partial charge in [0.2, 0.25) is 0 Å². The lowest BCUT2D eigenvalue weighted by molar-refractivity contribution is 0.752. The molecule has 0 atom stereocenters. The number of hydrogen-bond acceptors (Lipinski definition) is 3. The van der Waals surface area contributed by atoms with E-state index in [0.29, 0.717) is 0 Å². The molecule has 0 fully saturated rings. The van der Waals surface area contributed by atoms with Crippen LogP contribution in [-0.2, 0) is 5.41 Å². The van der Waals surface area contributed by atoms with Gasteiger partial charge in [0.25, 0.3) is 0 Å². The van der Waals surface area contributed by atoms with E-state index in [9.17, 15) is 0 Å². The van der Waals surface area contributed by atoms with Gasteiger partial charge in [0, 0.05) is 42.7 Å². The molecule has 0 N–H and O–H groups in total. The van der Waals surface area contributed by atoms with Gasteiger partial charge in [0.15, 0.2) is 0 Å². The quantitative estimate of drug-likeness (QED) is 0.157. The second kappa shape index (κ2) is 16.2. The van der Waals surface area contributed by atoms with Gasteiger partial charge in [-0.3, -0.25) is 0 Å². The van der Waals surface area contributed by atoms with Crippen LogP contribution in [-0.4, -0.2) is 0 Å². The minimum Gasteiger partial charge on any atom is -0.310 e. The molecule has 1 aliphatic heterocycles. The van der Waals surface area contributed by atoms with E-state index in [4.69, 9.17) is 0 Å². The molecule has 70 heavy (non-hydrogen) atoms. The summed E-state index contributed by atoms with van der Waals surface area (Å²) in [6, 6.07) is 98.6. The second-order valence-corrected chi connectivity index (χ2v) is 19.3. The van der Waals surface area contributed by atoms with Crippen LogP contribution in [0.5, 0.6) is 0 Å². The lowest BCUT2D eigenvalue weighted by atomic mass is 9.64. The van der Waals surface area contributed by atoms with Crippen LogP contribution in [0.4, 0.5) is 34.1 Å². The van der Waals surface area contributed by atoms with Gasteiger partial charge >= 0.3 is 0 Å². The van der Waals surface area contributed by atoms with E-state index < -0.39 is 5.41 Å². The van der Waals surface area contributed by atoms with Crippen molar-refractivity contribution in [3.05, 3.63) is 289 Å². The van der Waals surface area contributed by atoms with Crippen LogP contribution in [0, 0.1) is 0 Å². The largest absolute Gasteiger partial charge is 0.310 e. The minimum absolute atomic E-state index is 0.599. The normalized spacial score (nSPS) is 12.9. The summed E-state index contributed by atoms with van der Waals surface area (Å²) in [7, 11) is 0. The van der Waals surface area contributed by atoms with E-state index in [1.807, 2.05) is 11.3 Å². The lowest BCUT2D eigenvalue weighted by Gasteiger charge is -2.45. The zero-order valence-corrected chi connectivity index (χ0v) is 39.0. The number of rotatable bonds is 7. The monoisotopic (exact) mass is 908 g/mol. The highest BCUT2D eigenvalue weighted by molar-refractivity contribution is 7.26. The Morgan fingerprint density at radius 1 is 0.329 bits per heavy atom. The molecule has 11 aromatic carbocycles. The number of hydrogen-bond donors (Lipinski definition) is 0. The van der Waals surface area contributed by atoms with Gasteiger partial charge in [0.05, 0.1) is 28.2 Å². The van der Waals surface area contributed by atoms with Gasteiger partial charge in [-0.05, 0) is 110 Å². The zero-order chi connectivity index (χ0) is 46.2. The zero-order valence-electron chi connectivity index (χ0n) is 38.2. The lowest BCUT2D eigenvalue weighted by Crippen LogP contribution is -2.36. The molecule has 1 aliphatic carbocycles. The predicted molar refractivity (Wildman–Crippen MR) is 296 cm³/mol. The average molecular weight is 909 g/mol. The highest BCUT2D eigenvalue weighted by Gasteiger charge is 2.52. The fourth-order valence-electron chi connectivity index (χ4n) is 11.8. The maximum Gasteiger partial charge on any atom is 0.0755 e. The third kappa shape index (κ3) is 5.98. The number of thiophene rings is 1. The summed E-state index contributed by atoms with van der Waals surface area (Å²) in [4.78, 5) is 4.99. The second-order valence-electron chi connectivity index (χ2n) is 18.3.